The van der Waals surface area contributed by atoms with Crippen molar-refractivity contribution in [1.82, 2.24) is 0 Å². The van der Waals surface area contributed by atoms with Crippen LogP contribution in [0.1, 0.15) is 54.4 Å². The van der Waals surface area contributed by atoms with E-state index in [0.29, 0.717) is 13.2 Å². The van der Waals surface area contributed by atoms with Crippen LogP contribution < -0.4 is 4.74 Å². The molecule has 0 aliphatic carbocycles. The van der Waals surface area contributed by atoms with Gasteiger partial charge in [0.2, 0.25) is 0 Å². The third kappa shape index (κ3) is 9.43. The molecule has 1 rings (SSSR count). The summed E-state index contributed by atoms with van der Waals surface area (Å²) in [5.41, 5.74) is 0.139. The van der Waals surface area contributed by atoms with E-state index in [9.17, 15) is 4.79 Å². The lowest BCUT2D eigenvalue weighted by molar-refractivity contribution is -0.150. The molecule has 22 heavy (non-hydrogen) atoms. The standard InChI is InChI=1S/C17H26O3.C2H6/c1-5-14(13-17(2,3)4)16(18)20-12-11-19-15-9-7-6-8-10-15;1-2/h6-10,14H,5,11-13H2,1-4H3;1-2H3. The predicted molar refractivity (Wildman–Crippen MR) is 92.1 cm³/mol. The molecule has 0 saturated heterocycles. The topological polar surface area (TPSA) is 35.5 Å². The molecule has 1 unspecified atom stereocenters. The normalized spacial score (nSPS) is 11.9. The van der Waals surface area contributed by atoms with Crippen molar-refractivity contribution in [2.45, 2.75) is 54.4 Å². The lowest BCUT2D eigenvalue weighted by atomic mass is 9.83. The first-order valence-corrected chi connectivity index (χ1v) is 8.27. The Bertz CT molecular complexity index is 393. The van der Waals surface area contributed by atoms with E-state index in [1.165, 1.54) is 0 Å². The molecule has 0 radical (unpaired) electrons. The third-order valence-electron chi connectivity index (χ3n) is 3.02. The molecule has 0 fully saturated rings. The van der Waals surface area contributed by atoms with Gasteiger partial charge < -0.3 is 9.47 Å². The van der Waals surface area contributed by atoms with Gasteiger partial charge in [-0.25, -0.2) is 0 Å². The molecule has 0 N–H and O–H groups in total. The summed E-state index contributed by atoms with van der Waals surface area (Å²) in [5, 5.41) is 0. The van der Waals surface area contributed by atoms with Gasteiger partial charge >= 0.3 is 5.97 Å². The summed E-state index contributed by atoms with van der Waals surface area (Å²) in [6.07, 6.45) is 1.66. The second-order valence-corrected chi connectivity index (χ2v) is 6.20. The molecule has 3 heteroatoms. The zero-order valence-corrected chi connectivity index (χ0v) is 15.0. The molecule has 0 aliphatic rings. The lowest BCUT2D eigenvalue weighted by Gasteiger charge is -2.23. The minimum absolute atomic E-state index is 0.0216. The van der Waals surface area contributed by atoms with E-state index in [1.54, 1.807) is 0 Å². The number of carbonyl (C=O) groups excluding carboxylic acids is 1. The van der Waals surface area contributed by atoms with Crippen molar-refractivity contribution < 1.29 is 14.3 Å². The fourth-order valence-corrected chi connectivity index (χ4v) is 2.07. The summed E-state index contributed by atoms with van der Waals surface area (Å²) in [7, 11) is 0. The van der Waals surface area contributed by atoms with Crippen LogP contribution in [-0.2, 0) is 9.53 Å². The SMILES string of the molecule is CC.CCC(CC(C)(C)C)C(=O)OCCOc1ccccc1. The van der Waals surface area contributed by atoms with Crippen LogP contribution in [0.15, 0.2) is 30.3 Å². The van der Waals surface area contributed by atoms with Crippen molar-refractivity contribution in [3.63, 3.8) is 0 Å². The van der Waals surface area contributed by atoms with Gasteiger partial charge in [0.25, 0.3) is 0 Å². The predicted octanol–water partition coefficient (Wildman–Crippen LogP) is 5.10. The number of para-hydroxylation sites is 1. The first-order chi connectivity index (χ1) is 10.4. The second kappa shape index (κ2) is 11.1. The highest BCUT2D eigenvalue weighted by Gasteiger charge is 2.24. The molecule has 0 spiro atoms. The number of hydrogen-bond acceptors (Lipinski definition) is 3. The van der Waals surface area contributed by atoms with Gasteiger partial charge in [0.15, 0.2) is 0 Å². The Morgan fingerprint density at radius 3 is 2.18 bits per heavy atom. The van der Waals surface area contributed by atoms with Crippen LogP contribution in [0.25, 0.3) is 0 Å². The van der Waals surface area contributed by atoms with Crippen LogP contribution in [0.5, 0.6) is 5.75 Å². The summed E-state index contributed by atoms with van der Waals surface area (Å²) < 4.78 is 10.8. The van der Waals surface area contributed by atoms with E-state index in [-0.39, 0.29) is 17.3 Å². The van der Waals surface area contributed by atoms with E-state index in [2.05, 4.69) is 20.8 Å². The third-order valence-corrected chi connectivity index (χ3v) is 3.02. The number of esters is 1. The van der Waals surface area contributed by atoms with E-state index < -0.39 is 0 Å². The Morgan fingerprint density at radius 2 is 1.68 bits per heavy atom. The smallest absolute Gasteiger partial charge is 0.309 e. The van der Waals surface area contributed by atoms with Crippen molar-refractivity contribution in [2.24, 2.45) is 11.3 Å². The lowest BCUT2D eigenvalue weighted by Crippen LogP contribution is -2.24. The van der Waals surface area contributed by atoms with Crippen LogP contribution in [0.4, 0.5) is 0 Å². The highest BCUT2D eigenvalue weighted by Crippen LogP contribution is 2.27. The first-order valence-electron chi connectivity index (χ1n) is 8.27. The van der Waals surface area contributed by atoms with Crippen LogP contribution in [0.2, 0.25) is 0 Å². The van der Waals surface area contributed by atoms with Gasteiger partial charge in [-0.05, 0) is 30.4 Å². The fraction of sp³-hybridized carbons (Fsp3) is 0.632. The van der Waals surface area contributed by atoms with Crippen molar-refractivity contribution in [1.29, 1.82) is 0 Å². The number of ether oxygens (including phenoxy) is 2. The summed E-state index contributed by atoms with van der Waals surface area (Å²) in [4.78, 5) is 12.0. The molecule has 1 aromatic rings. The van der Waals surface area contributed by atoms with Gasteiger partial charge in [-0.2, -0.15) is 0 Å². The Labute approximate surface area is 136 Å². The number of hydrogen-bond donors (Lipinski definition) is 0. The van der Waals surface area contributed by atoms with E-state index in [0.717, 1.165) is 18.6 Å². The highest BCUT2D eigenvalue weighted by molar-refractivity contribution is 5.72. The minimum Gasteiger partial charge on any atom is -0.490 e. The molecule has 1 atom stereocenters. The van der Waals surface area contributed by atoms with Crippen LogP contribution >= 0.6 is 0 Å². The molecular formula is C19H32O3. The van der Waals surface area contributed by atoms with Crippen molar-refractivity contribution >= 4 is 5.97 Å². The summed E-state index contributed by atoms with van der Waals surface area (Å²) in [6.45, 7) is 13.1. The zero-order chi connectivity index (χ0) is 17.0. The monoisotopic (exact) mass is 308 g/mol. The Morgan fingerprint density at radius 1 is 1.09 bits per heavy atom. The molecule has 3 nitrogen and oxygen atoms in total. The number of carbonyl (C=O) groups is 1. The largest absolute Gasteiger partial charge is 0.490 e. The van der Waals surface area contributed by atoms with Gasteiger partial charge in [-0.3, -0.25) is 4.79 Å². The molecule has 0 heterocycles. The maximum absolute atomic E-state index is 12.0. The quantitative estimate of drug-likeness (QED) is 0.519. The van der Waals surface area contributed by atoms with Gasteiger partial charge in [0.05, 0.1) is 5.92 Å². The van der Waals surface area contributed by atoms with Crippen molar-refractivity contribution in [2.75, 3.05) is 13.2 Å². The number of rotatable bonds is 7. The van der Waals surface area contributed by atoms with Crippen molar-refractivity contribution in [3.8, 4) is 5.75 Å². The summed E-state index contributed by atoms with van der Waals surface area (Å²) in [6, 6.07) is 9.54. The molecular weight excluding hydrogens is 276 g/mol. The summed E-state index contributed by atoms with van der Waals surface area (Å²) >= 11 is 0. The molecule has 0 aromatic heterocycles. The van der Waals surface area contributed by atoms with E-state index in [1.807, 2.05) is 51.1 Å². The second-order valence-electron chi connectivity index (χ2n) is 6.20. The Balaban J connectivity index is 0.00000211. The Kier molecular flexibility index (Phi) is 10.3. The zero-order valence-electron chi connectivity index (χ0n) is 15.0. The van der Waals surface area contributed by atoms with Gasteiger partial charge in [-0.1, -0.05) is 59.7 Å². The maximum atomic E-state index is 12.0. The minimum atomic E-state index is -0.112. The van der Waals surface area contributed by atoms with Crippen molar-refractivity contribution in [3.05, 3.63) is 30.3 Å². The van der Waals surface area contributed by atoms with Gasteiger partial charge in [-0.15, -0.1) is 0 Å². The van der Waals surface area contributed by atoms with Crippen LogP contribution in [0.3, 0.4) is 0 Å². The fourth-order valence-electron chi connectivity index (χ4n) is 2.07. The first kappa shape index (κ1) is 20.5. The molecule has 126 valence electrons. The number of benzene rings is 1. The molecule has 0 bridgehead atoms. The van der Waals surface area contributed by atoms with Crippen LogP contribution in [-0.4, -0.2) is 19.2 Å². The maximum Gasteiger partial charge on any atom is 0.309 e. The summed E-state index contributed by atoms with van der Waals surface area (Å²) in [5.74, 6) is 0.663. The molecule has 0 amide bonds. The molecule has 0 saturated carbocycles. The van der Waals surface area contributed by atoms with Gasteiger partial charge in [0.1, 0.15) is 19.0 Å². The molecule has 1 aromatic carbocycles. The average molecular weight is 308 g/mol. The molecule has 0 aliphatic heterocycles. The van der Waals surface area contributed by atoms with E-state index in [4.69, 9.17) is 9.47 Å². The Hall–Kier alpha value is -1.51. The van der Waals surface area contributed by atoms with Crippen LogP contribution in [0, 0.1) is 11.3 Å². The highest BCUT2D eigenvalue weighted by atomic mass is 16.6. The average Bonchev–Trinajstić information content (AvgIpc) is 2.51. The van der Waals surface area contributed by atoms with E-state index >= 15 is 0 Å². The van der Waals surface area contributed by atoms with Gasteiger partial charge in [0, 0.05) is 0 Å².